The van der Waals surface area contributed by atoms with E-state index >= 15 is 4.39 Å². The Kier molecular flexibility index (Phi) is 8.24. The van der Waals surface area contributed by atoms with Crippen LogP contribution in [-0.2, 0) is 19.3 Å². The van der Waals surface area contributed by atoms with E-state index in [2.05, 4.69) is 5.32 Å². The number of likely N-dealkylation sites (N-methyl/N-ethyl adjacent to an activating group) is 1. The fraction of sp³-hybridized carbons (Fsp3) is 0.241. The summed E-state index contributed by atoms with van der Waals surface area (Å²) in [5, 5.41) is 3.02. The maximum atomic E-state index is 15.4. The normalized spacial score (nSPS) is 12.4. The first-order valence-corrected chi connectivity index (χ1v) is 12.2. The predicted octanol–water partition coefficient (Wildman–Crippen LogP) is 5.30. The first-order chi connectivity index (χ1) is 19.0. The minimum Gasteiger partial charge on any atom is -0.494 e. The Morgan fingerprint density at radius 1 is 0.925 bits per heavy atom. The molecule has 40 heavy (non-hydrogen) atoms. The fourth-order valence-corrected chi connectivity index (χ4v) is 4.69. The maximum absolute atomic E-state index is 15.4. The monoisotopic (exact) mass is 559 g/mol. The van der Waals surface area contributed by atoms with Crippen LogP contribution >= 0.6 is 0 Å². The zero-order chi connectivity index (χ0) is 29.2. The van der Waals surface area contributed by atoms with Crippen molar-refractivity contribution in [3.63, 3.8) is 0 Å². The highest BCUT2D eigenvalue weighted by molar-refractivity contribution is 5.67. The number of aromatic nitrogens is 2. The molecular weight excluding hydrogens is 533 g/mol. The molecule has 0 fully saturated rings. The highest BCUT2D eigenvalue weighted by Gasteiger charge is 2.35. The topological polar surface area (TPSA) is 65.3 Å². The van der Waals surface area contributed by atoms with E-state index in [-0.39, 0.29) is 29.1 Å². The summed E-state index contributed by atoms with van der Waals surface area (Å²) in [6, 6.07) is 14.9. The average molecular weight is 560 g/mol. The van der Waals surface area contributed by atoms with Gasteiger partial charge in [-0.15, -0.1) is 0 Å². The van der Waals surface area contributed by atoms with Gasteiger partial charge in [-0.05, 0) is 37.7 Å². The third-order valence-corrected chi connectivity index (χ3v) is 6.80. The van der Waals surface area contributed by atoms with E-state index in [1.165, 1.54) is 32.2 Å². The van der Waals surface area contributed by atoms with E-state index in [1.54, 1.807) is 37.4 Å². The van der Waals surface area contributed by atoms with Gasteiger partial charge < -0.3 is 10.1 Å². The van der Waals surface area contributed by atoms with Gasteiger partial charge in [0.05, 0.1) is 37.4 Å². The molecule has 0 bridgehead atoms. The second-order valence-electron chi connectivity index (χ2n) is 9.08. The van der Waals surface area contributed by atoms with Crippen molar-refractivity contribution in [2.75, 3.05) is 14.2 Å². The van der Waals surface area contributed by atoms with Gasteiger partial charge in [-0.2, -0.15) is 13.2 Å². The number of nitrogens with zero attached hydrogens (tertiary/aromatic N) is 2. The summed E-state index contributed by atoms with van der Waals surface area (Å²) in [6.45, 7) is 0.225. The molecule has 11 heteroatoms. The minimum absolute atomic E-state index is 0.129. The Balaban J connectivity index is 2.02. The van der Waals surface area contributed by atoms with Gasteiger partial charge in [-0.3, -0.25) is 13.9 Å². The van der Waals surface area contributed by atoms with Gasteiger partial charge in [0.25, 0.3) is 5.56 Å². The molecule has 210 valence electrons. The Morgan fingerprint density at radius 2 is 1.60 bits per heavy atom. The van der Waals surface area contributed by atoms with E-state index in [0.717, 1.165) is 26.8 Å². The molecule has 0 saturated carbocycles. The van der Waals surface area contributed by atoms with Crippen LogP contribution in [0.15, 0.2) is 76.3 Å². The molecule has 1 N–H and O–H groups in total. The van der Waals surface area contributed by atoms with Crippen LogP contribution in [0.1, 0.15) is 28.4 Å². The van der Waals surface area contributed by atoms with Crippen LogP contribution in [0.3, 0.4) is 0 Å². The Hall–Kier alpha value is -4.25. The van der Waals surface area contributed by atoms with Crippen molar-refractivity contribution < 1.29 is 26.7 Å². The van der Waals surface area contributed by atoms with Crippen LogP contribution < -0.4 is 21.3 Å². The average Bonchev–Trinajstić information content (AvgIpc) is 2.92. The zero-order valence-electron chi connectivity index (χ0n) is 21.9. The second kappa shape index (κ2) is 11.5. The summed E-state index contributed by atoms with van der Waals surface area (Å²) in [7, 11) is 2.86. The number of ether oxygens (including phenoxy) is 1. The Morgan fingerprint density at radius 3 is 2.23 bits per heavy atom. The van der Waals surface area contributed by atoms with E-state index in [4.69, 9.17) is 4.74 Å². The molecule has 4 rings (SSSR count). The van der Waals surface area contributed by atoms with Gasteiger partial charge in [0, 0.05) is 16.8 Å². The SMILES string of the molecule is CN[C@@H](Cn1c(=O)c(-c2cccc(OC)c2F)c(C)n(Cc2c(F)cccc2C(F)(F)F)c1=O)c1ccccc1. The summed E-state index contributed by atoms with van der Waals surface area (Å²) in [5.74, 6) is -2.24. The van der Waals surface area contributed by atoms with Gasteiger partial charge in [0.1, 0.15) is 5.82 Å². The lowest BCUT2D eigenvalue weighted by molar-refractivity contribution is -0.138. The zero-order valence-corrected chi connectivity index (χ0v) is 21.9. The van der Waals surface area contributed by atoms with Crippen molar-refractivity contribution in [2.45, 2.75) is 32.2 Å². The maximum Gasteiger partial charge on any atom is 0.416 e. The van der Waals surface area contributed by atoms with Gasteiger partial charge in [-0.25, -0.2) is 13.6 Å². The van der Waals surface area contributed by atoms with Crippen LogP contribution in [0.2, 0.25) is 0 Å². The molecule has 0 saturated heterocycles. The van der Waals surface area contributed by atoms with Crippen molar-refractivity contribution in [3.8, 4) is 16.9 Å². The standard InChI is InChI=1S/C29H26F5N3O3/c1-17-25(19-11-7-14-24(40-3)26(19)31)27(38)37(16-23(35-2)18-9-5-4-6-10-18)28(39)36(17)15-20-21(29(32,33)34)12-8-13-22(20)30/h4-14,23,35H,15-16H2,1-3H3/t23-/m0/s1. The fourth-order valence-electron chi connectivity index (χ4n) is 4.69. The summed E-state index contributed by atoms with van der Waals surface area (Å²) in [4.78, 5) is 27.5. The van der Waals surface area contributed by atoms with Gasteiger partial charge in [0.2, 0.25) is 0 Å². The first-order valence-electron chi connectivity index (χ1n) is 12.2. The molecule has 4 aromatic rings. The van der Waals surface area contributed by atoms with E-state index in [0.29, 0.717) is 6.07 Å². The smallest absolute Gasteiger partial charge is 0.416 e. The quantitative estimate of drug-likeness (QED) is 0.298. The number of hydrogen-bond donors (Lipinski definition) is 1. The highest BCUT2D eigenvalue weighted by atomic mass is 19.4. The summed E-state index contributed by atoms with van der Waals surface area (Å²) < 4.78 is 78.3. The van der Waals surface area contributed by atoms with E-state index in [9.17, 15) is 27.2 Å². The molecule has 1 heterocycles. The molecule has 1 atom stereocenters. The molecule has 0 aliphatic heterocycles. The molecule has 0 spiro atoms. The molecule has 0 aliphatic carbocycles. The van der Waals surface area contributed by atoms with Crippen molar-refractivity contribution in [1.29, 1.82) is 0 Å². The lowest BCUT2D eigenvalue weighted by atomic mass is 10.0. The van der Waals surface area contributed by atoms with Crippen molar-refractivity contribution in [3.05, 3.63) is 122 Å². The van der Waals surface area contributed by atoms with Crippen LogP contribution in [0.5, 0.6) is 5.75 Å². The Labute approximate surface area is 226 Å². The van der Waals surface area contributed by atoms with Crippen LogP contribution in [0, 0.1) is 18.6 Å². The molecule has 0 amide bonds. The van der Waals surface area contributed by atoms with Gasteiger partial charge in [0.15, 0.2) is 11.6 Å². The molecule has 0 radical (unpaired) electrons. The van der Waals surface area contributed by atoms with Crippen molar-refractivity contribution in [2.24, 2.45) is 0 Å². The van der Waals surface area contributed by atoms with Gasteiger partial charge in [-0.1, -0.05) is 48.5 Å². The number of rotatable bonds is 8. The van der Waals surface area contributed by atoms with E-state index in [1.807, 2.05) is 0 Å². The molecule has 6 nitrogen and oxygen atoms in total. The Bertz CT molecular complexity index is 1650. The second-order valence-corrected chi connectivity index (χ2v) is 9.08. The molecule has 1 aromatic heterocycles. The lowest BCUT2D eigenvalue weighted by Crippen LogP contribution is -2.44. The first kappa shape index (κ1) is 28.8. The molecular formula is C29H26F5N3O3. The third kappa shape index (κ3) is 5.42. The van der Waals surface area contributed by atoms with E-state index < -0.39 is 52.8 Å². The molecule has 0 aliphatic rings. The minimum atomic E-state index is -4.91. The summed E-state index contributed by atoms with van der Waals surface area (Å²) >= 11 is 0. The van der Waals surface area contributed by atoms with Crippen molar-refractivity contribution >= 4 is 0 Å². The van der Waals surface area contributed by atoms with Crippen LogP contribution in [0.4, 0.5) is 22.0 Å². The highest BCUT2D eigenvalue weighted by Crippen LogP contribution is 2.34. The van der Waals surface area contributed by atoms with Crippen LogP contribution in [-0.4, -0.2) is 23.3 Å². The molecule has 0 unspecified atom stereocenters. The lowest BCUT2D eigenvalue weighted by Gasteiger charge is -2.23. The molecule has 3 aromatic carbocycles. The number of alkyl halides is 3. The third-order valence-electron chi connectivity index (χ3n) is 6.80. The summed E-state index contributed by atoms with van der Waals surface area (Å²) in [5.41, 5.74) is -3.74. The largest absolute Gasteiger partial charge is 0.494 e. The number of nitrogens with one attached hydrogen (secondary N) is 1. The van der Waals surface area contributed by atoms with Gasteiger partial charge >= 0.3 is 11.9 Å². The predicted molar refractivity (Wildman–Crippen MR) is 140 cm³/mol. The number of methoxy groups -OCH3 is 1. The number of halogens is 5. The van der Waals surface area contributed by atoms with Crippen molar-refractivity contribution in [1.82, 2.24) is 14.5 Å². The van der Waals surface area contributed by atoms with Crippen LogP contribution in [0.25, 0.3) is 11.1 Å². The number of benzene rings is 3. The number of hydrogen-bond acceptors (Lipinski definition) is 4. The summed E-state index contributed by atoms with van der Waals surface area (Å²) in [6.07, 6.45) is -4.91.